The predicted octanol–water partition coefficient (Wildman–Crippen LogP) is 1.23. The second-order valence-electron chi connectivity index (χ2n) is 3.51. The molecule has 90 valence electrons. The summed E-state index contributed by atoms with van der Waals surface area (Å²) in [5.74, 6) is -1.98. The molecule has 0 saturated heterocycles. The number of sulfone groups is 1. The molecule has 0 aliphatic carbocycles. The Hall–Kier alpha value is -1.01. The summed E-state index contributed by atoms with van der Waals surface area (Å²) in [7, 11) is -3.34. The van der Waals surface area contributed by atoms with Crippen LogP contribution in [0.2, 0.25) is 0 Å². The summed E-state index contributed by atoms with van der Waals surface area (Å²) < 4.78 is 48.6. The van der Waals surface area contributed by atoms with Gasteiger partial charge in [0, 0.05) is 6.07 Å². The SMILES string of the molecule is NCCCS(=O)(=O)Cc1cc(F)cc(F)c1. The number of benzene rings is 1. The van der Waals surface area contributed by atoms with E-state index < -0.39 is 21.5 Å². The van der Waals surface area contributed by atoms with Gasteiger partial charge in [-0.1, -0.05) is 0 Å². The lowest BCUT2D eigenvalue weighted by Crippen LogP contribution is -2.13. The normalized spacial score (nSPS) is 11.7. The molecule has 0 spiro atoms. The van der Waals surface area contributed by atoms with Crippen molar-refractivity contribution in [2.45, 2.75) is 12.2 Å². The maximum atomic E-state index is 12.8. The van der Waals surface area contributed by atoms with Gasteiger partial charge in [0.15, 0.2) is 9.84 Å². The summed E-state index contributed by atoms with van der Waals surface area (Å²) >= 11 is 0. The quantitative estimate of drug-likeness (QED) is 0.853. The van der Waals surface area contributed by atoms with Gasteiger partial charge in [0.05, 0.1) is 11.5 Å². The molecule has 0 aromatic heterocycles. The number of rotatable bonds is 5. The lowest BCUT2D eigenvalue weighted by molar-refractivity contribution is 0.578. The van der Waals surface area contributed by atoms with Crippen LogP contribution in [0.5, 0.6) is 0 Å². The van der Waals surface area contributed by atoms with Crippen molar-refractivity contribution in [3.8, 4) is 0 Å². The van der Waals surface area contributed by atoms with Crippen molar-refractivity contribution < 1.29 is 17.2 Å². The molecule has 1 aromatic rings. The van der Waals surface area contributed by atoms with Crippen LogP contribution in [0.25, 0.3) is 0 Å². The van der Waals surface area contributed by atoms with Gasteiger partial charge in [-0.3, -0.25) is 0 Å². The molecular formula is C10H13F2NO2S. The molecule has 0 unspecified atom stereocenters. The number of nitrogens with two attached hydrogens (primary N) is 1. The molecule has 3 nitrogen and oxygen atoms in total. The fourth-order valence-electron chi connectivity index (χ4n) is 1.32. The van der Waals surface area contributed by atoms with Crippen LogP contribution in [-0.2, 0) is 15.6 Å². The predicted molar refractivity (Wildman–Crippen MR) is 57.5 cm³/mol. The molecule has 0 fully saturated rings. The first kappa shape index (κ1) is 13.1. The zero-order chi connectivity index (χ0) is 12.2. The monoisotopic (exact) mass is 249 g/mol. The Morgan fingerprint density at radius 2 is 1.69 bits per heavy atom. The van der Waals surface area contributed by atoms with E-state index in [-0.39, 0.29) is 23.6 Å². The van der Waals surface area contributed by atoms with Gasteiger partial charge in [-0.15, -0.1) is 0 Å². The molecule has 1 aromatic carbocycles. The number of hydrogen-bond donors (Lipinski definition) is 1. The van der Waals surface area contributed by atoms with Gasteiger partial charge in [-0.25, -0.2) is 17.2 Å². The highest BCUT2D eigenvalue weighted by Crippen LogP contribution is 2.12. The van der Waals surface area contributed by atoms with Crippen molar-refractivity contribution in [2.24, 2.45) is 5.73 Å². The number of halogens is 2. The molecule has 2 N–H and O–H groups in total. The zero-order valence-electron chi connectivity index (χ0n) is 8.62. The summed E-state index contributed by atoms with van der Waals surface area (Å²) in [6.45, 7) is 0.275. The van der Waals surface area contributed by atoms with Crippen molar-refractivity contribution >= 4 is 9.84 Å². The van der Waals surface area contributed by atoms with Gasteiger partial charge in [0.2, 0.25) is 0 Å². The Morgan fingerprint density at radius 1 is 1.12 bits per heavy atom. The summed E-state index contributed by atoms with van der Waals surface area (Å²) in [6, 6.07) is 2.74. The Balaban J connectivity index is 2.80. The first-order valence-corrected chi connectivity index (χ1v) is 6.60. The molecule has 6 heteroatoms. The smallest absolute Gasteiger partial charge is 0.154 e. The molecule has 16 heavy (non-hydrogen) atoms. The van der Waals surface area contributed by atoms with E-state index in [1.165, 1.54) is 0 Å². The molecule has 0 atom stereocenters. The van der Waals surface area contributed by atoms with Gasteiger partial charge in [0.25, 0.3) is 0 Å². The van der Waals surface area contributed by atoms with Gasteiger partial charge in [0.1, 0.15) is 11.6 Å². The van der Waals surface area contributed by atoms with E-state index in [1.54, 1.807) is 0 Å². The van der Waals surface area contributed by atoms with Gasteiger partial charge < -0.3 is 5.73 Å². The maximum Gasteiger partial charge on any atom is 0.154 e. The third kappa shape index (κ3) is 4.24. The minimum absolute atomic E-state index is 0.0678. The molecule has 1 rings (SSSR count). The van der Waals surface area contributed by atoms with Gasteiger partial charge >= 0.3 is 0 Å². The molecule has 0 aliphatic heterocycles. The molecule has 0 bridgehead atoms. The van der Waals surface area contributed by atoms with Gasteiger partial charge in [-0.05, 0) is 30.7 Å². The van der Waals surface area contributed by atoms with Crippen molar-refractivity contribution in [3.63, 3.8) is 0 Å². The van der Waals surface area contributed by atoms with Crippen molar-refractivity contribution in [2.75, 3.05) is 12.3 Å². The highest BCUT2D eigenvalue weighted by Gasteiger charge is 2.12. The largest absolute Gasteiger partial charge is 0.330 e. The Morgan fingerprint density at radius 3 is 2.19 bits per heavy atom. The lowest BCUT2D eigenvalue weighted by Gasteiger charge is -2.04. The highest BCUT2D eigenvalue weighted by atomic mass is 32.2. The fraction of sp³-hybridized carbons (Fsp3) is 0.400. The summed E-state index contributed by atoms with van der Waals surface area (Å²) in [5, 5.41) is 0. The van der Waals surface area contributed by atoms with Crippen LogP contribution >= 0.6 is 0 Å². The van der Waals surface area contributed by atoms with Crippen LogP contribution in [-0.4, -0.2) is 20.7 Å². The Bertz CT molecular complexity index is 440. The van der Waals surface area contributed by atoms with E-state index in [1.807, 2.05) is 0 Å². The third-order valence-electron chi connectivity index (χ3n) is 1.97. The fourth-order valence-corrected chi connectivity index (χ4v) is 2.75. The van der Waals surface area contributed by atoms with Crippen LogP contribution in [0.1, 0.15) is 12.0 Å². The average molecular weight is 249 g/mol. The zero-order valence-corrected chi connectivity index (χ0v) is 9.43. The van der Waals surface area contributed by atoms with Crippen LogP contribution in [0, 0.1) is 11.6 Å². The van der Waals surface area contributed by atoms with Crippen LogP contribution in [0.3, 0.4) is 0 Å². The first-order chi connectivity index (χ1) is 7.43. The molecular weight excluding hydrogens is 236 g/mol. The summed E-state index contributed by atoms with van der Waals surface area (Å²) in [6.07, 6.45) is 0.347. The van der Waals surface area contributed by atoms with Crippen LogP contribution < -0.4 is 5.73 Å². The lowest BCUT2D eigenvalue weighted by atomic mass is 10.2. The van der Waals surface area contributed by atoms with E-state index in [0.717, 1.165) is 12.1 Å². The van der Waals surface area contributed by atoms with E-state index in [9.17, 15) is 17.2 Å². The van der Waals surface area contributed by atoms with Crippen LogP contribution in [0.15, 0.2) is 18.2 Å². The molecule has 0 radical (unpaired) electrons. The molecule has 0 amide bonds. The summed E-state index contributed by atoms with van der Waals surface area (Å²) in [5.41, 5.74) is 5.31. The van der Waals surface area contributed by atoms with E-state index in [4.69, 9.17) is 5.73 Å². The molecule has 0 saturated carbocycles. The van der Waals surface area contributed by atoms with Crippen molar-refractivity contribution in [3.05, 3.63) is 35.4 Å². The average Bonchev–Trinajstić information content (AvgIpc) is 2.12. The van der Waals surface area contributed by atoms with Crippen molar-refractivity contribution in [1.29, 1.82) is 0 Å². The maximum absolute atomic E-state index is 12.8. The Kier molecular flexibility index (Phi) is 4.37. The highest BCUT2D eigenvalue weighted by molar-refractivity contribution is 7.90. The molecule has 0 heterocycles. The third-order valence-corrected chi connectivity index (χ3v) is 3.65. The van der Waals surface area contributed by atoms with Gasteiger partial charge in [-0.2, -0.15) is 0 Å². The summed E-state index contributed by atoms with van der Waals surface area (Å²) in [4.78, 5) is 0. The second kappa shape index (κ2) is 5.36. The minimum atomic E-state index is -3.34. The van der Waals surface area contributed by atoms with Crippen molar-refractivity contribution in [1.82, 2.24) is 0 Å². The molecule has 0 aliphatic rings. The van der Waals surface area contributed by atoms with E-state index in [0.29, 0.717) is 12.5 Å². The second-order valence-corrected chi connectivity index (χ2v) is 5.70. The standard InChI is InChI=1S/C10H13F2NO2S/c11-9-4-8(5-10(12)6-9)7-16(14,15)3-1-2-13/h4-6H,1-3,7,13H2. The minimum Gasteiger partial charge on any atom is -0.330 e. The van der Waals surface area contributed by atoms with Crippen LogP contribution in [0.4, 0.5) is 8.78 Å². The van der Waals surface area contributed by atoms with E-state index in [2.05, 4.69) is 0 Å². The van der Waals surface area contributed by atoms with E-state index >= 15 is 0 Å². The first-order valence-electron chi connectivity index (χ1n) is 4.78. The topological polar surface area (TPSA) is 60.2 Å². The Labute approximate surface area is 93.2 Å². The number of hydrogen-bond acceptors (Lipinski definition) is 3.